The number of hydrogen-bond acceptors (Lipinski definition) is 5. The van der Waals surface area contributed by atoms with Crippen molar-refractivity contribution in [1.29, 1.82) is 0 Å². The average Bonchev–Trinajstić information content (AvgIpc) is 2.73. The van der Waals surface area contributed by atoms with Crippen molar-refractivity contribution in [3.8, 4) is 11.3 Å². The van der Waals surface area contributed by atoms with E-state index in [9.17, 15) is 0 Å². The molecule has 1 N–H and O–H groups in total. The number of hydrogen-bond donors (Lipinski definition) is 1. The van der Waals surface area contributed by atoms with Crippen LogP contribution < -0.4 is 5.32 Å². The smallest absolute Gasteiger partial charge is 0.225 e. The van der Waals surface area contributed by atoms with E-state index in [0.717, 1.165) is 23.6 Å². The molecule has 2 heterocycles. The Kier molecular flexibility index (Phi) is 5.40. The van der Waals surface area contributed by atoms with Gasteiger partial charge in [-0.25, -0.2) is 14.4 Å². The molecule has 1 aliphatic rings. The van der Waals surface area contributed by atoms with Gasteiger partial charge in [0.15, 0.2) is 5.82 Å². The standard InChI is InChI=1S/C24H22Cl2FN5/c1-32(2)24(10-5-11-24)13-29-22-16-12-28-20(19(27)21(16)30-23(26)31-22)15-8-3-6-14-7-4-9-17(25)18(14)15/h3-4,6-9,12H,5,10-11,13H2,1-2H3,(H,29,30,31). The molecule has 0 amide bonds. The van der Waals surface area contributed by atoms with E-state index in [-0.39, 0.29) is 22.0 Å². The minimum atomic E-state index is -0.548. The van der Waals surface area contributed by atoms with Gasteiger partial charge in [-0.2, -0.15) is 0 Å². The second-order valence-corrected chi connectivity index (χ2v) is 9.24. The first-order chi connectivity index (χ1) is 15.4. The molecule has 0 saturated heterocycles. The first-order valence-electron chi connectivity index (χ1n) is 10.5. The van der Waals surface area contributed by atoms with Crippen LogP contribution in [0.1, 0.15) is 19.3 Å². The summed E-state index contributed by atoms with van der Waals surface area (Å²) in [5.74, 6) is -0.0599. The maximum Gasteiger partial charge on any atom is 0.225 e. The van der Waals surface area contributed by atoms with Gasteiger partial charge in [0.25, 0.3) is 0 Å². The van der Waals surface area contributed by atoms with Crippen LogP contribution in [0.2, 0.25) is 10.3 Å². The normalized spacial score (nSPS) is 15.3. The first kappa shape index (κ1) is 21.3. The van der Waals surface area contributed by atoms with Gasteiger partial charge in [-0.3, -0.25) is 4.98 Å². The van der Waals surface area contributed by atoms with Gasteiger partial charge in [-0.05, 0) is 56.4 Å². The number of nitrogens with zero attached hydrogens (tertiary/aromatic N) is 4. The third-order valence-electron chi connectivity index (χ3n) is 6.58. The van der Waals surface area contributed by atoms with Crippen LogP contribution in [0, 0.1) is 5.82 Å². The van der Waals surface area contributed by atoms with Crippen molar-refractivity contribution >= 4 is 50.7 Å². The highest BCUT2D eigenvalue weighted by atomic mass is 35.5. The molecule has 0 unspecified atom stereocenters. The first-order valence-corrected chi connectivity index (χ1v) is 11.3. The minimum absolute atomic E-state index is 0.0143. The summed E-state index contributed by atoms with van der Waals surface area (Å²) in [6.07, 6.45) is 4.99. The van der Waals surface area contributed by atoms with E-state index in [0.29, 0.717) is 28.3 Å². The third kappa shape index (κ3) is 3.47. The number of rotatable bonds is 5. The number of anilines is 1. The fourth-order valence-corrected chi connectivity index (χ4v) is 4.91. The molecule has 1 saturated carbocycles. The quantitative estimate of drug-likeness (QED) is 0.353. The van der Waals surface area contributed by atoms with Crippen molar-refractivity contribution in [3.63, 3.8) is 0 Å². The summed E-state index contributed by atoms with van der Waals surface area (Å²) >= 11 is 12.6. The lowest BCUT2D eigenvalue weighted by molar-refractivity contribution is 0.0738. The Morgan fingerprint density at radius 3 is 2.53 bits per heavy atom. The number of benzene rings is 2. The Balaban J connectivity index is 1.61. The Bertz CT molecular complexity index is 1330. The molecule has 0 atom stereocenters. The number of nitrogens with one attached hydrogen (secondary N) is 1. The van der Waals surface area contributed by atoms with Gasteiger partial charge in [0, 0.05) is 34.3 Å². The van der Waals surface area contributed by atoms with Crippen molar-refractivity contribution in [2.45, 2.75) is 24.8 Å². The van der Waals surface area contributed by atoms with Crippen LogP contribution in [0.25, 0.3) is 32.9 Å². The SMILES string of the molecule is CN(C)C1(CNc2nc(Cl)nc3c(F)c(-c4cccc5cccc(Cl)c45)ncc23)CCC1. The van der Waals surface area contributed by atoms with Crippen molar-refractivity contribution < 1.29 is 4.39 Å². The van der Waals surface area contributed by atoms with Gasteiger partial charge in [0.2, 0.25) is 5.28 Å². The van der Waals surface area contributed by atoms with Crippen molar-refractivity contribution in [1.82, 2.24) is 19.9 Å². The number of pyridine rings is 1. The molecule has 5 nitrogen and oxygen atoms in total. The summed E-state index contributed by atoms with van der Waals surface area (Å²) in [6.45, 7) is 0.685. The zero-order chi connectivity index (χ0) is 22.5. The lowest BCUT2D eigenvalue weighted by Gasteiger charge is -2.47. The van der Waals surface area contributed by atoms with Gasteiger partial charge < -0.3 is 10.2 Å². The van der Waals surface area contributed by atoms with Crippen LogP contribution in [0.15, 0.2) is 42.6 Å². The topological polar surface area (TPSA) is 53.9 Å². The minimum Gasteiger partial charge on any atom is -0.367 e. The molecule has 0 aliphatic heterocycles. The summed E-state index contributed by atoms with van der Waals surface area (Å²) in [7, 11) is 4.16. The molecule has 1 fully saturated rings. The number of halogens is 3. The molecule has 4 aromatic rings. The van der Waals surface area contributed by atoms with E-state index >= 15 is 4.39 Å². The number of fused-ring (bicyclic) bond motifs is 2. The summed E-state index contributed by atoms with van der Waals surface area (Å²) in [4.78, 5) is 15.2. The number of likely N-dealkylation sites (N-methyl/N-ethyl adjacent to an activating group) is 1. The maximum absolute atomic E-state index is 15.8. The molecular weight excluding hydrogens is 448 g/mol. The van der Waals surface area contributed by atoms with Crippen LogP contribution in [0.3, 0.4) is 0 Å². The zero-order valence-corrected chi connectivity index (χ0v) is 19.3. The fraction of sp³-hybridized carbons (Fsp3) is 0.292. The van der Waals surface area contributed by atoms with E-state index < -0.39 is 5.82 Å². The predicted molar refractivity (Wildman–Crippen MR) is 129 cm³/mol. The summed E-state index contributed by atoms with van der Waals surface area (Å²) in [5.41, 5.74) is 0.988. The predicted octanol–water partition coefficient (Wildman–Crippen LogP) is 6.19. The van der Waals surface area contributed by atoms with Crippen molar-refractivity contribution in [2.24, 2.45) is 0 Å². The van der Waals surface area contributed by atoms with E-state index in [2.05, 4.69) is 39.3 Å². The van der Waals surface area contributed by atoms with E-state index in [1.807, 2.05) is 30.3 Å². The highest BCUT2D eigenvalue weighted by molar-refractivity contribution is 6.36. The highest BCUT2D eigenvalue weighted by Gasteiger charge is 2.39. The maximum atomic E-state index is 15.8. The lowest BCUT2D eigenvalue weighted by atomic mass is 9.75. The molecule has 5 rings (SSSR count). The molecule has 2 aromatic heterocycles. The Labute approximate surface area is 195 Å². The van der Waals surface area contributed by atoms with Gasteiger partial charge in [0.05, 0.1) is 5.39 Å². The summed E-state index contributed by atoms with van der Waals surface area (Å²) in [5, 5.41) is 6.05. The van der Waals surface area contributed by atoms with Crippen molar-refractivity contribution in [2.75, 3.05) is 26.0 Å². The Morgan fingerprint density at radius 2 is 1.84 bits per heavy atom. The van der Waals surface area contributed by atoms with E-state index in [1.54, 1.807) is 12.3 Å². The van der Waals surface area contributed by atoms with Gasteiger partial charge in [-0.15, -0.1) is 0 Å². The summed E-state index contributed by atoms with van der Waals surface area (Å²) < 4.78 is 15.8. The molecule has 1 aliphatic carbocycles. The Morgan fingerprint density at radius 1 is 1.09 bits per heavy atom. The second kappa shape index (κ2) is 8.10. The van der Waals surface area contributed by atoms with Crippen molar-refractivity contribution in [3.05, 3.63) is 58.7 Å². The fourth-order valence-electron chi connectivity index (χ4n) is 4.46. The highest BCUT2D eigenvalue weighted by Crippen LogP contribution is 2.38. The molecule has 2 aromatic carbocycles. The zero-order valence-electron chi connectivity index (χ0n) is 17.8. The largest absolute Gasteiger partial charge is 0.367 e. The molecule has 8 heteroatoms. The third-order valence-corrected chi connectivity index (χ3v) is 7.07. The Hall–Kier alpha value is -2.54. The molecule has 0 spiro atoms. The molecule has 32 heavy (non-hydrogen) atoms. The number of aromatic nitrogens is 3. The van der Waals surface area contributed by atoms with Gasteiger partial charge >= 0.3 is 0 Å². The van der Waals surface area contributed by atoms with Crippen LogP contribution in [-0.4, -0.2) is 46.0 Å². The molecular formula is C24H22Cl2FN5. The van der Waals surface area contributed by atoms with Gasteiger partial charge in [0.1, 0.15) is 17.0 Å². The van der Waals surface area contributed by atoms with Gasteiger partial charge in [-0.1, -0.05) is 41.9 Å². The molecule has 164 valence electrons. The van der Waals surface area contributed by atoms with Crippen LogP contribution in [0.5, 0.6) is 0 Å². The average molecular weight is 470 g/mol. The second-order valence-electron chi connectivity index (χ2n) is 8.49. The lowest BCUT2D eigenvalue weighted by Crippen LogP contribution is -2.54. The van der Waals surface area contributed by atoms with E-state index in [4.69, 9.17) is 23.2 Å². The van der Waals surface area contributed by atoms with Crippen LogP contribution in [-0.2, 0) is 0 Å². The van der Waals surface area contributed by atoms with E-state index in [1.165, 1.54) is 6.42 Å². The van der Waals surface area contributed by atoms with Crippen LogP contribution in [0.4, 0.5) is 10.2 Å². The monoisotopic (exact) mass is 469 g/mol. The summed E-state index contributed by atoms with van der Waals surface area (Å²) in [6, 6.07) is 11.2. The molecule has 0 radical (unpaired) electrons. The molecule has 0 bridgehead atoms. The van der Waals surface area contributed by atoms with Crippen LogP contribution >= 0.6 is 23.2 Å².